The molecular formula is C12H19N3O3. The maximum atomic E-state index is 11.7. The van der Waals surface area contributed by atoms with Gasteiger partial charge in [0.15, 0.2) is 5.82 Å². The van der Waals surface area contributed by atoms with Gasteiger partial charge in [-0.05, 0) is 0 Å². The summed E-state index contributed by atoms with van der Waals surface area (Å²) in [4.78, 5) is 17.8. The molecule has 1 aromatic heterocycles. The maximum absolute atomic E-state index is 11.7. The lowest BCUT2D eigenvalue weighted by molar-refractivity contribution is -0.139. The minimum atomic E-state index is 0.0471. The van der Waals surface area contributed by atoms with Gasteiger partial charge >= 0.3 is 0 Å². The molecule has 1 fully saturated rings. The molecule has 0 unspecified atom stereocenters. The van der Waals surface area contributed by atoms with Crippen LogP contribution in [0.2, 0.25) is 0 Å². The van der Waals surface area contributed by atoms with Gasteiger partial charge in [-0.1, -0.05) is 19.0 Å². The van der Waals surface area contributed by atoms with E-state index in [0.717, 1.165) is 0 Å². The highest BCUT2D eigenvalue weighted by Gasteiger charge is 2.36. The molecule has 1 aromatic rings. The molecule has 6 heteroatoms. The summed E-state index contributed by atoms with van der Waals surface area (Å²) in [7, 11) is 1.64. The molecule has 0 bridgehead atoms. The normalized spacial score (nSPS) is 16.1. The summed E-state index contributed by atoms with van der Waals surface area (Å²) in [6.45, 7) is 5.77. The summed E-state index contributed by atoms with van der Waals surface area (Å²) >= 11 is 0. The summed E-state index contributed by atoms with van der Waals surface area (Å²) in [6.07, 6.45) is 0.654. The van der Waals surface area contributed by atoms with Crippen molar-refractivity contribution in [3.8, 4) is 0 Å². The van der Waals surface area contributed by atoms with E-state index >= 15 is 0 Å². The number of ether oxygens (including phenoxy) is 1. The second kappa shape index (κ2) is 5.48. The molecular weight excluding hydrogens is 234 g/mol. The second-order valence-electron chi connectivity index (χ2n) is 4.89. The highest BCUT2D eigenvalue weighted by atomic mass is 16.5. The lowest BCUT2D eigenvalue weighted by Crippen LogP contribution is -2.50. The zero-order valence-corrected chi connectivity index (χ0v) is 11.0. The predicted molar refractivity (Wildman–Crippen MR) is 64.0 cm³/mol. The minimum Gasteiger partial charge on any atom is -0.384 e. The molecule has 100 valence electrons. The summed E-state index contributed by atoms with van der Waals surface area (Å²) in [5, 5.41) is 3.89. The fourth-order valence-electron chi connectivity index (χ4n) is 1.91. The zero-order chi connectivity index (χ0) is 13.1. The molecule has 0 spiro atoms. The Labute approximate surface area is 106 Å². The number of rotatable bonds is 5. The molecule has 0 aliphatic carbocycles. The topological polar surface area (TPSA) is 68.5 Å². The average Bonchev–Trinajstić information content (AvgIpc) is 2.72. The first-order valence-corrected chi connectivity index (χ1v) is 6.22. The quantitative estimate of drug-likeness (QED) is 0.777. The van der Waals surface area contributed by atoms with Crippen LogP contribution in [0.25, 0.3) is 0 Å². The van der Waals surface area contributed by atoms with Crippen molar-refractivity contribution in [1.29, 1.82) is 0 Å². The standard InChI is InChI=1S/C12H19N3O3/c1-8(2)12(16)15-6-9(7-15)11-13-10(14-18-11)4-5-17-3/h8-9H,4-7H2,1-3H3. The van der Waals surface area contributed by atoms with Crippen LogP contribution in [-0.2, 0) is 16.0 Å². The van der Waals surface area contributed by atoms with Crippen LogP contribution < -0.4 is 0 Å². The van der Waals surface area contributed by atoms with E-state index in [1.54, 1.807) is 7.11 Å². The van der Waals surface area contributed by atoms with Crippen molar-refractivity contribution in [1.82, 2.24) is 15.0 Å². The molecule has 1 saturated heterocycles. The number of aromatic nitrogens is 2. The van der Waals surface area contributed by atoms with E-state index in [1.807, 2.05) is 18.7 Å². The highest BCUT2D eigenvalue weighted by Crippen LogP contribution is 2.26. The van der Waals surface area contributed by atoms with Crippen molar-refractivity contribution in [3.63, 3.8) is 0 Å². The number of hydrogen-bond donors (Lipinski definition) is 0. The van der Waals surface area contributed by atoms with Crippen molar-refractivity contribution in [2.24, 2.45) is 5.92 Å². The fraction of sp³-hybridized carbons (Fsp3) is 0.750. The fourth-order valence-corrected chi connectivity index (χ4v) is 1.91. The average molecular weight is 253 g/mol. The van der Waals surface area contributed by atoms with E-state index in [-0.39, 0.29) is 17.7 Å². The molecule has 1 amide bonds. The number of hydrogen-bond acceptors (Lipinski definition) is 5. The van der Waals surface area contributed by atoms with Crippen molar-refractivity contribution >= 4 is 5.91 Å². The summed E-state index contributed by atoms with van der Waals surface area (Å²) in [6, 6.07) is 0. The lowest BCUT2D eigenvalue weighted by Gasteiger charge is -2.38. The molecule has 1 aliphatic rings. The Bertz CT molecular complexity index is 410. The minimum absolute atomic E-state index is 0.0471. The molecule has 6 nitrogen and oxygen atoms in total. The highest BCUT2D eigenvalue weighted by molar-refractivity contribution is 5.79. The van der Waals surface area contributed by atoms with Gasteiger partial charge in [0.2, 0.25) is 11.8 Å². The Morgan fingerprint density at radius 2 is 2.28 bits per heavy atom. The van der Waals surface area contributed by atoms with Gasteiger partial charge in [-0.15, -0.1) is 0 Å². The van der Waals surface area contributed by atoms with Gasteiger partial charge < -0.3 is 14.2 Å². The third-order valence-corrected chi connectivity index (χ3v) is 3.05. The van der Waals surface area contributed by atoms with Gasteiger partial charge in [0.25, 0.3) is 0 Å². The van der Waals surface area contributed by atoms with Gasteiger partial charge in [-0.3, -0.25) is 4.79 Å². The molecule has 2 heterocycles. The molecule has 0 radical (unpaired) electrons. The number of amides is 1. The van der Waals surface area contributed by atoms with Crippen LogP contribution in [0.4, 0.5) is 0 Å². The van der Waals surface area contributed by atoms with E-state index < -0.39 is 0 Å². The second-order valence-corrected chi connectivity index (χ2v) is 4.89. The zero-order valence-electron chi connectivity index (χ0n) is 11.0. The van der Waals surface area contributed by atoms with Crippen LogP contribution in [0.15, 0.2) is 4.52 Å². The maximum Gasteiger partial charge on any atom is 0.233 e. The molecule has 1 aliphatic heterocycles. The first-order valence-electron chi connectivity index (χ1n) is 6.22. The molecule has 0 atom stereocenters. The van der Waals surface area contributed by atoms with Gasteiger partial charge in [0.05, 0.1) is 12.5 Å². The Morgan fingerprint density at radius 1 is 1.56 bits per heavy atom. The molecule has 0 aromatic carbocycles. The first kappa shape index (κ1) is 13.0. The van der Waals surface area contributed by atoms with Crippen molar-refractivity contribution in [2.75, 3.05) is 26.8 Å². The van der Waals surface area contributed by atoms with Crippen molar-refractivity contribution < 1.29 is 14.1 Å². The van der Waals surface area contributed by atoms with Crippen LogP contribution in [0.5, 0.6) is 0 Å². The Kier molecular flexibility index (Phi) is 3.96. The number of nitrogens with zero attached hydrogens (tertiary/aromatic N) is 3. The molecule has 0 saturated carbocycles. The number of likely N-dealkylation sites (tertiary alicyclic amines) is 1. The van der Waals surface area contributed by atoms with E-state index in [4.69, 9.17) is 9.26 Å². The van der Waals surface area contributed by atoms with E-state index in [9.17, 15) is 4.79 Å². The van der Waals surface area contributed by atoms with Gasteiger partial charge in [-0.25, -0.2) is 0 Å². The van der Waals surface area contributed by atoms with Gasteiger partial charge in [0, 0.05) is 32.5 Å². The summed E-state index contributed by atoms with van der Waals surface area (Å²) < 4.78 is 10.2. The molecule has 0 N–H and O–H groups in total. The van der Waals surface area contributed by atoms with Crippen LogP contribution in [-0.4, -0.2) is 47.8 Å². The molecule has 18 heavy (non-hydrogen) atoms. The van der Waals surface area contributed by atoms with Crippen molar-refractivity contribution in [2.45, 2.75) is 26.2 Å². The van der Waals surface area contributed by atoms with Crippen LogP contribution >= 0.6 is 0 Å². The number of carbonyl (C=O) groups excluding carboxylic acids is 1. The third-order valence-electron chi connectivity index (χ3n) is 3.05. The SMILES string of the molecule is COCCc1noc(C2CN(C(=O)C(C)C)C2)n1. The molecule has 2 rings (SSSR count). The van der Waals surface area contributed by atoms with Crippen LogP contribution in [0.3, 0.4) is 0 Å². The summed E-state index contributed by atoms with van der Waals surface area (Å²) in [5.74, 6) is 1.72. The van der Waals surface area contributed by atoms with Gasteiger partial charge in [0.1, 0.15) is 0 Å². The third kappa shape index (κ3) is 2.69. The lowest BCUT2D eigenvalue weighted by atomic mass is 9.98. The number of methoxy groups -OCH3 is 1. The monoisotopic (exact) mass is 253 g/mol. The Morgan fingerprint density at radius 3 is 2.89 bits per heavy atom. The van der Waals surface area contributed by atoms with Crippen molar-refractivity contribution in [3.05, 3.63) is 11.7 Å². The van der Waals surface area contributed by atoms with E-state index in [2.05, 4.69) is 10.1 Å². The Hall–Kier alpha value is -1.43. The van der Waals surface area contributed by atoms with Gasteiger partial charge in [-0.2, -0.15) is 4.98 Å². The van der Waals surface area contributed by atoms with E-state index in [0.29, 0.717) is 37.8 Å². The Balaban J connectivity index is 1.84. The largest absolute Gasteiger partial charge is 0.384 e. The van der Waals surface area contributed by atoms with E-state index in [1.165, 1.54) is 0 Å². The summed E-state index contributed by atoms with van der Waals surface area (Å²) in [5.41, 5.74) is 0. The van der Waals surface area contributed by atoms with Crippen LogP contribution in [0, 0.1) is 5.92 Å². The van der Waals surface area contributed by atoms with Crippen LogP contribution in [0.1, 0.15) is 31.5 Å². The smallest absolute Gasteiger partial charge is 0.233 e. The first-order chi connectivity index (χ1) is 8.61. The number of carbonyl (C=O) groups is 1. The predicted octanol–water partition coefficient (Wildman–Crippen LogP) is 0.840.